The fourth-order valence-corrected chi connectivity index (χ4v) is 8.07. The Labute approximate surface area is 269 Å². The number of carbonyl (C=O) groups excluding carboxylic acids is 1. The van der Waals surface area contributed by atoms with Crippen molar-refractivity contribution < 1.29 is 23.0 Å². The molecule has 0 aliphatic carbocycles. The van der Waals surface area contributed by atoms with Gasteiger partial charge in [0.2, 0.25) is 0 Å². The molecule has 246 valence electrons. The van der Waals surface area contributed by atoms with Crippen LogP contribution >= 0.6 is 0 Å². The summed E-state index contributed by atoms with van der Waals surface area (Å²) in [5.41, 5.74) is 1.11. The predicted molar refractivity (Wildman–Crippen MR) is 172 cm³/mol. The van der Waals surface area contributed by atoms with Crippen molar-refractivity contribution in [2.45, 2.75) is 102 Å². The number of fused-ring (bicyclic) bond motifs is 4. The van der Waals surface area contributed by atoms with E-state index in [2.05, 4.69) is 33.6 Å². The molecule has 1 aromatic carbocycles. The molecular formula is C35H44F2N6O3. The maximum atomic E-state index is 16.7. The summed E-state index contributed by atoms with van der Waals surface area (Å²) in [4.78, 5) is 33.5. The van der Waals surface area contributed by atoms with Crippen LogP contribution in [-0.4, -0.2) is 93.0 Å². The summed E-state index contributed by atoms with van der Waals surface area (Å²) in [6.07, 6.45) is 4.41. The summed E-state index contributed by atoms with van der Waals surface area (Å²) in [6.45, 7) is 12.3. The van der Waals surface area contributed by atoms with Gasteiger partial charge in [-0.15, -0.1) is 0 Å². The van der Waals surface area contributed by atoms with Gasteiger partial charge in [-0.3, -0.25) is 14.8 Å². The third-order valence-corrected chi connectivity index (χ3v) is 10.1. The largest absolute Gasteiger partial charge is 0.461 e. The van der Waals surface area contributed by atoms with Gasteiger partial charge >= 0.3 is 12.1 Å². The predicted octanol–water partition coefficient (Wildman–Crippen LogP) is 6.50. The van der Waals surface area contributed by atoms with E-state index in [1.165, 1.54) is 0 Å². The zero-order chi connectivity index (χ0) is 32.4. The molecule has 1 amide bonds. The minimum atomic E-state index is -0.888. The maximum Gasteiger partial charge on any atom is 0.410 e. The monoisotopic (exact) mass is 634 g/mol. The number of nitrogens with zero attached hydrogens (tertiary/aromatic N) is 6. The van der Waals surface area contributed by atoms with Crippen LogP contribution in [0.5, 0.6) is 6.01 Å². The van der Waals surface area contributed by atoms with Crippen molar-refractivity contribution in [2.75, 3.05) is 37.7 Å². The molecule has 2 aromatic heterocycles. The van der Waals surface area contributed by atoms with Gasteiger partial charge in [-0.05, 0) is 64.5 Å². The Morgan fingerprint density at radius 2 is 1.85 bits per heavy atom. The second-order valence-electron chi connectivity index (χ2n) is 14.8. The number of alkyl halides is 1. The smallest absolute Gasteiger partial charge is 0.410 e. The van der Waals surface area contributed by atoms with Crippen molar-refractivity contribution in [1.29, 1.82) is 0 Å². The summed E-state index contributed by atoms with van der Waals surface area (Å²) in [6, 6.07) is 7.66. The second-order valence-corrected chi connectivity index (χ2v) is 14.8. The number of pyridine rings is 1. The number of anilines is 1. The summed E-state index contributed by atoms with van der Waals surface area (Å²) < 4.78 is 43.2. The van der Waals surface area contributed by atoms with Gasteiger partial charge in [0.25, 0.3) is 0 Å². The maximum absolute atomic E-state index is 16.7. The average Bonchev–Trinajstić information content (AvgIpc) is 3.62. The molecule has 9 nitrogen and oxygen atoms in total. The normalized spacial score (nSPS) is 26.3. The highest BCUT2D eigenvalue weighted by Crippen LogP contribution is 2.42. The van der Waals surface area contributed by atoms with Gasteiger partial charge in [0.15, 0.2) is 5.82 Å². The zero-order valence-corrected chi connectivity index (χ0v) is 27.4. The Kier molecular flexibility index (Phi) is 7.81. The van der Waals surface area contributed by atoms with Gasteiger partial charge in [-0.1, -0.05) is 38.1 Å². The average molecular weight is 635 g/mol. The number of hydrogen-bond acceptors (Lipinski definition) is 8. The van der Waals surface area contributed by atoms with Gasteiger partial charge in [0, 0.05) is 37.8 Å². The van der Waals surface area contributed by atoms with E-state index >= 15 is 4.39 Å². The van der Waals surface area contributed by atoms with E-state index in [0.29, 0.717) is 37.3 Å². The number of hydrogen-bond donors (Lipinski definition) is 0. The number of ether oxygens (including phenoxy) is 2. The molecule has 2 bridgehead atoms. The number of benzene rings is 1. The van der Waals surface area contributed by atoms with Crippen LogP contribution in [0.4, 0.5) is 19.4 Å². The lowest BCUT2D eigenvalue weighted by atomic mass is 9.94. The number of carbonyl (C=O) groups is 1. The molecule has 4 saturated heterocycles. The van der Waals surface area contributed by atoms with Crippen LogP contribution in [0.15, 0.2) is 30.5 Å². The molecule has 0 spiro atoms. The molecule has 7 rings (SSSR count). The van der Waals surface area contributed by atoms with Crippen LogP contribution in [0.1, 0.15) is 78.2 Å². The fourth-order valence-electron chi connectivity index (χ4n) is 8.07. The van der Waals surface area contributed by atoms with Gasteiger partial charge in [0.1, 0.15) is 35.4 Å². The standard InChI is InChI=1S/C35H44F2N6O3/c1-21(2)25-9-6-7-10-26(25)29-28(37)30-27(16-38-29)31(40-32(39-30)45-20-35-13-8-14-42(35)17-22(36)15-35)41-18-23-11-12-24(19-41)43(23)33(44)46-34(3,4)5/h6-7,9-10,16,21-24H,8,11-15,17-20H2,1-5H3/t22?,23-,24+,35?. The highest BCUT2D eigenvalue weighted by Gasteiger charge is 2.50. The van der Waals surface area contributed by atoms with Gasteiger partial charge in [-0.25, -0.2) is 13.6 Å². The van der Waals surface area contributed by atoms with Crippen molar-refractivity contribution >= 4 is 22.8 Å². The summed E-state index contributed by atoms with van der Waals surface area (Å²) in [5.74, 6) is 0.176. The third kappa shape index (κ3) is 5.54. The van der Waals surface area contributed by atoms with E-state index < -0.39 is 23.1 Å². The molecule has 3 aromatic rings. The fraction of sp³-hybridized carbons (Fsp3) is 0.600. The molecule has 0 N–H and O–H groups in total. The molecule has 4 fully saturated rings. The van der Waals surface area contributed by atoms with Gasteiger partial charge in [0.05, 0.1) is 23.0 Å². The molecule has 4 aliphatic heterocycles. The van der Waals surface area contributed by atoms with E-state index in [4.69, 9.17) is 14.5 Å². The number of aromatic nitrogens is 3. The molecule has 6 heterocycles. The van der Waals surface area contributed by atoms with E-state index in [1.807, 2.05) is 49.9 Å². The zero-order valence-electron chi connectivity index (χ0n) is 27.4. The first-order chi connectivity index (χ1) is 21.9. The van der Waals surface area contributed by atoms with Crippen molar-refractivity contribution in [3.8, 4) is 17.3 Å². The number of piperazine rings is 1. The van der Waals surface area contributed by atoms with E-state index in [0.717, 1.165) is 43.4 Å². The Morgan fingerprint density at radius 3 is 2.57 bits per heavy atom. The van der Waals surface area contributed by atoms with Gasteiger partial charge < -0.3 is 14.4 Å². The van der Waals surface area contributed by atoms with Crippen molar-refractivity contribution in [1.82, 2.24) is 24.8 Å². The first-order valence-corrected chi connectivity index (χ1v) is 16.7. The Hall–Kier alpha value is -3.60. The molecule has 4 atom stereocenters. The number of halogens is 2. The van der Waals surface area contributed by atoms with Crippen LogP contribution in [-0.2, 0) is 4.74 Å². The Bertz CT molecular complexity index is 1630. The molecule has 4 aliphatic rings. The summed E-state index contributed by atoms with van der Waals surface area (Å²) >= 11 is 0. The number of rotatable bonds is 6. The van der Waals surface area contributed by atoms with Crippen LogP contribution in [0.25, 0.3) is 22.2 Å². The topological polar surface area (TPSA) is 83.9 Å². The van der Waals surface area contributed by atoms with Crippen LogP contribution < -0.4 is 9.64 Å². The molecule has 2 unspecified atom stereocenters. The van der Waals surface area contributed by atoms with Crippen LogP contribution in [0, 0.1) is 5.82 Å². The minimum Gasteiger partial charge on any atom is -0.461 e. The third-order valence-electron chi connectivity index (χ3n) is 10.1. The SMILES string of the molecule is CC(C)c1ccccc1-c1ncc2c(N3C[C@H]4CC[C@@H](C3)N4C(=O)OC(C)(C)C)nc(OCC34CCCN3CC(F)C4)nc2c1F. The van der Waals surface area contributed by atoms with Crippen molar-refractivity contribution in [3.63, 3.8) is 0 Å². The molecular weight excluding hydrogens is 590 g/mol. The van der Waals surface area contributed by atoms with Crippen molar-refractivity contribution in [2.24, 2.45) is 0 Å². The molecule has 46 heavy (non-hydrogen) atoms. The highest BCUT2D eigenvalue weighted by atomic mass is 19.1. The first-order valence-electron chi connectivity index (χ1n) is 16.7. The highest BCUT2D eigenvalue weighted by molar-refractivity contribution is 5.92. The Balaban J connectivity index is 1.27. The lowest BCUT2D eigenvalue weighted by Crippen LogP contribution is -2.57. The van der Waals surface area contributed by atoms with E-state index in [1.54, 1.807) is 6.20 Å². The summed E-state index contributed by atoms with van der Waals surface area (Å²) in [7, 11) is 0. The lowest BCUT2D eigenvalue weighted by molar-refractivity contribution is 0.0122. The number of amides is 1. The minimum absolute atomic E-state index is 0.0658. The van der Waals surface area contributed by atoms with E-state index in [9.17, 15) is 9.18 Å². The first kappa shape index (κ1) is 31.0. The second kappa shape index (κ2) is 11.6. The van der Waals surface area contributed by atoms with E-state index in [-0.39, 0.29) is 47.9 Å². The molecule has 0 radical (unpaired) electrons. The lowest BCUT2D eigenvalue weighted by Gasteiger charge is -2.42. The van der Waals surface area contributed by atoms with Crippen molar-refractivity contribution in [3.05, 3.63) is 41.8 Å². The summed E-state index contributed by atoms with van der Waals surface area (Å²) in [5, 5.41) is 0.492. The van der Waals surface area contributed by atoms with Crippen LogP contribution in [0.2, 0.25) is 0 Å². The van der Waals surface area contributed by atoms with Crippen LogP contribution in [0.3, 0.4) is 0 Å². The van der Waals surface area contributed by atoms with Gasteiger partial charge in [-0.2, -0.15) is 9.97 Å². The quantitative estimate of drug-likeness (QED) is 0.304. The molecule has 11 heteroatoms. The Morgan fingerprint density at radius 1 is 1.11 bits per heavy atom. The molecule has 0 saturated carbocycles.